The van der Waals surface area contributed by atoms with Gasteiger partial charge in [-0.15, -0.1) is 0 Å². The lowest BCUT2D eigenvalue weighted by Crippen LogP contribution is -2.48. The molecule has 5 heteroatoms. The number of piperazine rings is 1. The molecule has 1 aliphatic rings. The van der Waals surface area contributed by atoms with Crippen molar-refractivity contribution in [2.45, 2.75) is 19.0 Å². The molecule has 1 saturated heterocycles. The van der Waals surface area contributed by atoms with Gasteiger partial charge in [0.25, 0.3) is 0 Å². The molecule has 0 aliphatic carbocycles. The van der Waals surface area contributed by atoms with E-state index in [0.29, 0.717) is 13.0 Å². The number of hydrogen-bond donors (Lipinski definition) is 1. The normalized spacial score (nSPS) is 15.4. The van der Waals surface area contributed by atoms with Crippen LogP contribution in [0.5, 0.6) is 0 Å². The first-order valence-corrected chi connectivity index (χ1v) is 10.6. The number of furan rings is 1. The fourth-order valence-corrected chi connectivity index (χ4v) is 4.08. The molecule has 0 spiro atoms. The molecule has 1 aliphatic heterocycles. The Bertz CT molecular complexity index is 849. The molecule has 1 N–H and O–H groups in total. The van der Waals surface area contributed by atoms with Gasteiger partial charge in [-0.2, -0.15) is 0 Å². The second kappa shape index (κ2) is 10.2. The van der Waals surface area contributed by atoms with Crippen LogP contribution < -0.4 is 5.32 Å². The zero-order valence-electron chi connectivity index (χ0n) is 17.2. The van der Waals surface area contributed by atoms with E-state index in [2.05, 4.69) is 75.8 Å². The summed E-state index contributed by atoms with van der Waals surface area (Å²) in [5.41, 5.74) is 2.66. The summed E-state index contributed by atoms with van der Waals surface area (Å²) in [4.78, 5) is 17.1. The van der Waals surface area contributed by atoms with E-state index in [9.17, 15) is 4.79 Å². The van der Waals surface area contributed by atoms with Crippen molar-refractivity contribution in [1.82, 2.24) is 15.1 Å². The maximum absolute atomic E-state index is 12.1. The third kappa shape index (κ3) is 5.38. The average molecular weight is 404 g/mol. The molecule has 0 radical (unpaired) electrons. The van der Waals surface area contributed by atoms with Gasteiger partial charge in [-0.3, -0.25) is 9.69 Å². The van der Waals surface area contributed by atoms with E-state index >= 15 is 0 Å². The van der Waals surface area contributed by atoms with Gasteiger partial charge in [0.05, 0.1) is 18.8 Å². The molecule has 1 aromatic heterocycles. The van der Waals surface area contributed by atoms with Crippen LogP contribution in [-0.2, 0) is 11.3 Å². The summed E-state index contributed by atoms with van der Waals surface area (Å²) in [5, 5.41) is 2.92. The quantitative estimate of drug-likeness (QED) is 0.623. The smallest absolute Gasteiger partial charge is 0.221 e. The standard InChI is InChI=1S/C25H29N3O2/c29-24(26-20-23-12-7-19-30-23)13-14-27-15-17-28(18-16-27)25(21-8-3-1-4-9-21)22-10-5-2-6-11-22/h1-12,19,25H,13-18,20H2,(H,26,29). The van der Waals surface area contributed by atoms with Crippen molar-refractivity contribution in [2.75, 3.05) is 32.7 Å². The first kappa shape index (κ1) is 20.4. The lowest BCUT2D eigenvalue weighted by Gasteiger charge is -2.39. The van der Waals surface area contributed by atoms with E-state index in [0.717, 1.165) is 38.5 Å². The van der Waals surface area contributed by atoms with Crippen LogP contribution in [-0.4, -0.2) is 48.4 Å². The van der Waals surface area contributed by atoms with Crippen LogP contribution in [0.4, 0.5) is 0 Å². The van der Waals surface area contributed by atoms with Gasteiger partial charge in [-0.1, -0.05) is 60.7 Å². The second-order valence-electron chi connectivity index (χ2n) is 7.71. The highest BCUT2D eigenvalue weighted by molar-refractivity contribution is 5.75. The Morgan fingerprint density at radius 3 is 2.07 bits per heavy atom. The van der Waals surface area contributed by atoms with Gasteiger partial charge in [-0.25, -0.2) is 0 Å². The molecular formula is C25H29N3O2. The monoisotopic (exact) mass is 403 g/mol. The van der Waals surface area contributed by atoms with E-state index in [1.54, 1.807) is 6.26 Å². The lowest BCUT2D eigenvalue weighted by atomic mass is 9.96. The summed E-state index contributed by atoms with van der Waals surface area (Å²) in [5.74, 6) is 0.852. The first-order valence-electron chi connectivity index (χ1n) is 10.6. The van der Waals surface area contributed by atoms with Crippen molar-refractivity contribution in [3.8, 4) is 0 Å². The van der Waals surface area contributed by atoms with Gasteiger partial charge in [0.1, 0.15) is 5.76 Å². The van der Waals surface area contributed by atoms with E-state index in [-0.39, 0.29) is 11.9 Å². The van der Waals surface area contributed by atoms with Gasteiger partial charge in [0.2, 0.25) is 5.91 Å². The maximum atomic E-state index is 12.1. The van der Waals surface area contributed by atoms with E-state index in [1.165, 1.54) is 11.1 Å². The highest BCUT2D eigenvalue weighted by Gasteiger charge is 2.26. The highest BCUT2D eigenvalue weighted by Crippen LogP contribution is 2.29. The number of rotatable bonds is 8. The number of benzene rings is 2. The van der Waals surface area contributed by atoms with Crippen molar-refractivity contribution in [3.63, 3.8) is 0 Å². The van der Waals surface area contributed by atoms with Crippen LogP contribution >= 0.6 is 0 Å². The minimum absolute atomic E-state index is 0.0697. The van der Waals surface area contributed by atoms with E-state index in [1.807, 2.05) is 12.1 Å². The molecule has 1 amide bonds. The van der Waals surface area contributed by atoms with Gasteiger partial charge in [0, 0.05) is 39.1 Å². The Balaban J connectivity index is 1.29. The van der Waals surface area contributed by atoms with Crippen LogP contribution in [0, 0.1) is 0 Å². The minimum Gasteiger partial charge on any atom is -0.467 e. The fourth-order valence-electron chi connectivity index (χ4n) is 4.08. The van der Waals surface area contributed by atoms with Crippen LogP contribution in [0.1, 0.15) is 29.3 Å². The molecule has 0 atom stereocenters. The molecular weight excluding hydrogens is 374 g/mol. The molecule has 1 fully saturated rings. The zero-order chi connectivity index (χ0) is 20.6. The Morgan fingerprint density at radius 2 is 1.50 bits per heavy atom. The lowest BCUT2D eigenvalue weighted by molar-refractivity contribution is -0.121. The minimum atomic E-state index is 0.0697. The molecule has 5 nitrogen and oxygen atoms in total. The number of hydrogen-bond acceptors (Lipinski definition) is 4. The number of carbonyl (C=O) groups excluding carboxylic acids is 1. The molecule has 156 valence electrons. The van der Waals surface area contributed by atoms with E-state index in [4.69, 9.17) is 4.42 Å². The van der Waals surface area contributed by atoms with Gasteiger partial charge in [0.15, 0.2) is 0 Å². The van der Waals surface area contributed by atoms with Gasteiger partial charge in [-0.05, 0) is 23.3 Å². The third-order valence-corrected chi connectivity index (χ3v) is 5.70. The third-order valence-electron chi connectivity index (χ3n) is 5.70. The Morgan fingerprint density at radius 1 is 0.867 bits per heavy atom. The van der Waals surface area contributed by atoms with Crippen LogP contribution in [0.25, 0.3) is 0 Å². The van der Waals surface area contributed by atoms with Crippen molar-refractivity contribution in [1.29, 1.82) is 0 Å². The molecule has 30 heavy (non-hydrogen) atoms. The Kier molecular flexibility index (Phi) is 6.95. The summed E-state index contributed by atoms with van der Waals surface area (Å²) in [7, 11) is 0. The van der Waals surface area contributed by atoms with Crippen LogP contribution in [0.3, 0.4) is 0 Å². The summed E-state index contributed by atoms with van der Waals surface area (Å²) < 4.78 is 5.25. The molecule has 2 heterocycles. The SMILES string of the molecule is O=C(CCN1CCN(C(c2ccccc2)c2ccccc2)CC1)NCc1ccco1. The molecule has 3 aromatic rings. The number of amides is 1. The van der Waals surface area contributed by atoms with Crippen molar-refractivity contribution in [2.24, 2.45) is 0 Å². The molecule has 0 unspecified atom stereocenters. The average Bonchev–Trinajstić information content (AvgIpc) is 3.33. The van der Waals surface area contributed by atoms with Crippen molar-refractivity contribution >= 4 is 5.91 Å². The van der Waals surface area contributed by atoms with Crippen LogP contribution in [0.2, 0.25) is 0 Å². The Hall–Kier alpha value is -2.89. The summed E-state index contributed by atoms with van der Waals surface area (Å²) in [6, 6.07) is 25.4. The predicted octanol–water partition coefficient (Wildman–Crippen LogP) is 3.69. The highest BCUT2D eigenvalue weighted by atomic mass is 16.3. The number of nitrogens with zero attached hydrogens (tertiary/aromatic N) is 2. The molecule has 0 bridgehead atoms. The second-order valence-corrected chi connectivity index (χ2v) is 7.71. The topological polar surface area (TPSA) is 48.7 Å². The number of nitrogens with one attached hydrogen (secondary N) is 1. The van der Waals surface area contributed by atoms with E-state index < -0.39 is 0 Å². The first-order chi connectivity index (χ1) is 14.8. The fraction of sp³-hybridized carbons (Fsp3) is 0.320. The maximum Gasteiger partial charge on any atom is 0.221 e. The van der Waals surface area contributed by atoms with Crippen molar-refractivity contribution < 1.29 is 9.21 Å². The summed E-state index contributed by atoms with van der Waals surface area (Å²) in [6.45, 7) is 5.17. The van der Waals surface area contributed by atoms with Crippen LogP contribution in [0.15, 0.2) is 83.5 Å². The Labute approximate surface area is 178 Å². The molecule has 0 saturated carbocycles. The molecule has 4 rings (SSSR count). The number of carbonyl (C=O) groups is 1. The summed E-state index contributed by atoms with van der Waals surface area (Å²) >= 11 is 0. The molecule has 2 aromatic carbocycles. The predicted molar refractivity (Wildman–Crippen MR) is 118 cm³/mol. The largest absolute Gasteiger partial charge is 0.467 e. The van der Waals surface area contributed by atoms with Gasteiger partial charge < -0.3 is 14.6 Å². The summed E-state index contributed by atoms with van der Waals surface area (Å²) in [6.07, 6.45) is 2.14. The van der Waals surface area contributed by atoms with Gasteiger partial charge >= 0.3 is 0 Å². The van der Waals surface area contributed by atoms with Crippen molar-refractivity contribution in [3.05, 3.63) is 95.9 Å². The zero-order valence-corrected chi connectivity index (χ0v) is 17.2.